The molecule has 4 nitrogen and oxygen atoms in total. The van der Waals surface area contributed by atoms with Crippen molar-refractivity contribution < 1.29 is 0 Å². The van der Waals surface area contributed by atoms with Gasteiger partial charge in [0.15, 0.2) is 0 Å². The maximum absolute atomic E-state index is 8.08. The lowest BCUT2D eigenvalue weighted by molar-refractivity contribution is 0.676. The van der Waals surface area contributed by atoms with Crippen molar-refractivity contribution in [1.29, 1.82) is 0 Å². The fourth-order valence-corrected chi connectivity index (χ4v) is 1.12. The summed E-state index contributed by atoms with van der Waals surface area (Å²) in [6.45, 7) is 0.353. The molecule has 0 heterocycles. The summed E-state index contributed by atoms with van der Waals surface area (Å²) in [5.74, 6) is 0. The van der Waals surface area contributed by atoms with Crippen LogP contribution >= 0.6 is 0 Å². The van der Waals surface area contributed by atoms with Crippen molar-refractivity contribution in [2.75, 3.05) is 6.54 Å². The van der Waals surface area contributed by atoms with Crippen molar-refractivity contribution in [3.05, 3.63) is 46.3 Å². The Morgan fingerprint density at radius 1 is 1.38 bits per heavy atom. The lowest BCUT2D eigenvalue weighted by Gasteiger charge is -2.07. The lowest BCUT2D eigenvalue weighted by Crippen LogP contribution is -2.25. The summed E-state index contributed by atoms with van der Waals surface area (Å²) in [6.07, 6.45) is 0.750. The first-order chi connectivity index (χ1) is 6.33. The van der Waals surface area contributed by atoms with E-state index in [1.165, 1.54) is 5.56 Å². The highest BCUT2D eigenvalue weighted by Crippen LogP contribution is 2.01. The summed E-state index contributed by atoms with van der Waals surface area (Å²) in [7, 11) is 0. The summed E-state index contributed by atoms with van der Waals surface area (Å²) in [5.41, 5.74) is 15.0. The Morgan fingerprint density at radius 3 is 2.69 bits per heavy atom. The van der Waals surface area contributed by atoms with E-state index in [-0.39, 0.29) is 6.04 Å². The standard InChI is InChI=1S/C9H12N4/c10-9(7-12-13-11)6-8-4-2-1-3-5-8/h1-5,9H,6-7,10H2/t9-/m0/s1. The Bertz CT molecular complexity index is 290. The normalized spacial score (nSPS) is 11.8. The van der Waals surface area contributed by atoms with Gasteiger partial charge in [0.1, 0.15) is 0 Å². The summed E-state index contributed by atoms with van der Waals surface area (Å²) in [6, 6.07) is 9.83. The van der Waals surface area contributed by atoms with Crippen LogP contribution < -0.4 is 5.73 Å². The van der Waals surface area contributed by atoms with Crippen LogP contribution in [0.15, 0.2) is 35.4 Å². The number of benzene rings is 1. The second-order valence-corrected chi connectivity index (χ2v) is 2.86. The first-order valence-electron chi connectivity index (χ1n) is 4.13. The van der Waals surface area contributed by atoms with Gasteiger partial charge in [0, 0.05) is 17.5 Å². The Kier molecular flexibility index (Phi) is 3.82. The zero-order valence-electron chi connectivity index (χ0n) is 7.30. The Balaban J connectivity index is 2.45. The second-order valence-electron chi connectivity index (χ2n) is 2.86. The van der Waals surface area contributed by atoms with Gasteiger partial charge in [-0.05, 0) is 17.5 Å². The van der Waals surface area contributed by atoms with Gasteiger partial charge < -0.3 is 5.73 Å². The van der Waals surface area contributed by atoms with Gasteiger partial charge in [-0.2, -0.15) is 0 Å². The monoisotopic (exact) mass is 176 g/mol. The summed E-state index contributed by atoms with van der Waals surface area (Å²) >= 11 is 0. The number of azide groups is 1. The molecule has 0 unspecified atom stereocenters. The third kappa shape index (κ3) is 3.60. The van der Waals surface area contributed by atoms with Crippen LogP contribution in [0.1, 0.15) is 5.56 Å². The van der Waals surface area contributed by atoms with E-state index in [0.717, 1.165) is 6.42 Å². The molecule has 0 radical (unpaired) electrons. The molecule has 1 aromatic rings. The number of hydrogen-bond acceptors (Lipinski definition) is 2. The summed E-state index contributed by atoms with van der Waals surface area (Å²) in [4.78, 5) is 2.66. The van der Waals surface area contributed by atoms with Crippen LogP contribution in [-0.2, 0) is 6.42 Å². The molecule has 0 bridgehead atoms. The minimum atomic E-state index is -0.0849. The van der Waals surface area contributed by atoms with Crippen LogP contribution in [0.25, 0.3) is 10.4 Å². The van der Waals surface area contributed by atoms with Crippen molar-refractivity contribution in [3.63, 3.8) is 0 Å². The molecule has 13 heavy (non-hydrogen) atoms. The zero-order valence-corrected chi connectivity index (χ0v) is 7.30. The van der Waals surface area contributed by atoms with E-state index < -0.39 is 0 Å². The van der Waals surface area contributed by atoms with Crippen LogP contribution in [0.2, 0.25) is 0 Å². The average molecular weight is 176 g/mol. The van der Waals surface area contributed by atoms with Crippen LogP contribution in [-0.4, -0.2) is 12.6 Å². The number of nitrogens with zero attached hydrogens (tertiary/aromatic N) is 3. The Morgan fingerprint density at radius 2 is 2.08 bits per heavy atom. The molecule has 4 heteroatoms. The van der Waals surface area contributed by atoms with Gasteiger partial charge >= 0.3 is 0 Å². The van der Waals surface area contributed by atoms with Gasteiger partial charge in [-0.3, -0.25) is 0 Å². The zero-order chi connectivity index (χ0) is 9.52. The topological polar surface area (TPSA) is 74.8 Å². The van der Waals surface area contributed by atoms with E-state index in [0.29, 0.717) is 6.54 Å². The second kappa shape index (κ2) is 5.19. The van der Waals surface area contributed by atoms with Crippen molar-refractivity contribution in [2.45, 2.75) is 12.5 Å². The lowest BCUT2D eigenvalue weighted by atomic mass is 10.1. The predicted molar refractivity (Wildman–Crippen MR) is 52.1 cm³/mol. The maximum atomic E-state index is 8.08. The molecule has 0 aliphatic heterocycles. The molecule has 68 valence electrons. The van der Waals surface area contributed by atoms with E-state index >= 15 is 0 Å². The number of nitrogens with two attached hydrogens (primary N) is 1. The van der Waals surface area contributed by atoms with Gasteiger partial charge in [-0.15, -0.1) is 0 Å². The number of hydrogen-bond donors (Lipinski definition) is 1. The first-order valence-corrected chi connectivity index (χ1v) is 4.13. The molecular weight excluding hydrogens is 164 g/mol. The average Bonchev–Trinajstić information content (AvgIpc) is 2.16. The third-order valence-electron chi connectivity index (χ3n) is 1.72. The highest BCUT2D eigenvalue weighted by Gasteiger charge is 2.01. The minimum Gasteiger partial charge on any atom is -0.327 e. The number of rotatable bonds is 4. The molecule has 0 aromatic heterocycles. The van der Waals surface area contributed by atoms with Crippen molar-refractivity contribution in [1.82, 2.24) is 0 Å². The summed E-state index contributed by atoms with van der Waals surface area (Å²) < 4.78 is 0. The molecular formula is C9H12N4. The third-order valence-corrected chi connectivity index (χ3v) is 1.72. The quantitative estimate of drug-likeness (QED) is 0.424. The van der Waals surface area contributed by atoms with E-state index in [9.17, 15) is 0 Å². The molecule has 0 aliphatic rings. The molecule has 1 aromatic carbocycles. The van der Waals surface area contributed by atoms with E-state index in [4.69, 9.17) is 11.3 Å². The van der Waals surface area contributed by atoms with Crippen LogP contribution in [0.5, 0.6) is 0 Å². The highest BCUT2D eigenvalue weighted by atomic mass is 15.1. The van der Waals surface area contributed by atoms with Gasteiger partial charge in [-0.1, -0.05) is 35.4 Å². The van der Waals surface area contributed by atoms with Gasteiger partial charge in [0.25, 0.3) is 0 Å². The fraction of sp³-hybridized carbons (Fsp3) is 0.333. The fourth-order valence-electron chi connectivity index (χ4n) is 1.12. The Hall–Kier alpha value is -1.51. The Labute approximate surface area is 77.0 Å². The molecule has 0 amide bonds. The van der Waals surface area contributed by atoms with E-state index in [2.05, 4.69) is 10.0 Å². The van der Waals surface area contributed by atoms with Crippen molar-refractivity contribution in [3.8, 4) is 0 Å². The molecule has 0 spiro atoms. The minimum absolute atomic E-state index is 0.0849. The van der Waals surface area contributed by atoms with E-state index in [1.807, 2.05) is 30.3 Å². The SMILES string of the molecule is [N-]=[N+]=NC[C@@H](N)Cc1ccccc1. The summed E-state index contributed by atoms with van der Waals surface area (Å²) in [5, 5.41) is 3.42. The molecule has 1 rings (SSSR count). The van der Waals surface area contributed by atoms with Crippen LogP contribution in [0.3, 0.4) is 0 Å². The molecule has 0 saturated carbocycles. The van der Waals surface area contributed by atoms with Gasteiger partial charge in [0.2, 0.25) is 0 Å². The van der Waals surface area contributed by atoms with E-state index in [1.54, 1.807) is 0 Å². The molecule has 1 atom stereocenters. The molecule has 0 fully saturated rings. The largest absolute Gasteiger partial charge is 0.327 e. The molecule has 2 N–H and O–H groups in total. The van der Waals surface area contributed by atoms with Crippen molar-refractivity contribution >= 4 is 0 Å². The molecule has 0 aliphatic carbocycles. The van der Waals surface area contributed by atoms with Gasteiger partial charge in [-0.25, -0.2) is 0 Å². The van der Waals surface area contributed by atoms with Crippen molar-refractivity contribution in [2.24, 2.45) is 10.8 Å². The van der Waals surface area contributed by atoms with Gasteiger partial charge in [0.05, 0.1) is 0 Å². The highest BCUT2D eigenvalue weighted by molar-refractivity contribution is 5.15. The maximum Gasteiger partial charge on any atom is 0.0413 e. The van der Waals surface area contributed by atoms with Crippen LogP contribution in [0, 0.1) is 0 Å². The smallest absolute Gasteiger partial charge is 0.0413 e. The molecule has 0 saturated heterocycles. The predicted octanol–water partition coefficient (Wildman–Crippen LogP) is 1.87. The van der Waals surface area contributed by atoms with Crippen LogP contribution in [0.4, 0.5) is 0 Å². The first kappa shape index (κ1) is 9.58.